The number of anilines is 2. The summed E-state index contributed by atoms with van der Waals surface area (Å²) in [4.78, 5) is 59.0. The Morgan fingerprint density at radius 3 is 1.38 bits per heavy atom. The number of nitrogens with zero attached hydrogens (tertiary/aromatic N) is 4. The fourth-order valence-electron chi connectivity index (χ4n) is 7.26. The minimum Gasteiger partial charge on any atom is -0.381 e. The van der Waals surface area contributed by atoms with E-state index < -0.39 is 9.84 Å². The average molecular weight is 815 g/mol. The molecule has 4 saturated heterocycles. The molecule has 0 unspecified atom stereocenters. The number of sulfone groups is 1. The van der Waals surface area contributed by atoms with Gasteiger partial charge in [0.2, 0.25) is 11.8 Å². The molecular weight excluding hydrogens is 757 g/mol. The Kier molecular flexibility index (Phi) is 16.7. The quantitative estimate of drug-likeness (QED) is 0.339. The monoisotopic (exact) mass is 814 g/mol. The van der Waals surface area contributed by atoms with Gasteiger partial charge in [0, 0.05) is 114 Å². The summed E-state index contributed by atoms with van der Waals surface area (Å²) >= 11 is 1.67. The fraction of sp³-hybridized carbons (Fsp3) is 0.600. The van der Waals surface area contributed by atoms with Crippen molar-refractivity contribution in [2.75, 3.05) is 102 Å². The number of thioether (sulfide) groups is 1. The maximum Gasteiger partial charge on any atom is 0.321 e. The van der Waals surface area contributed by atoms with Gasteiger partial charge in [-0.15, -0.1) is 11.8 Å². The lowest BCUT2D eigenvalue weighted by Crippen LogP contribution is -2.39. The summed E-state index contributed by atoms with van der Waals surface area (Å²) in [6, 6.07) is 13.6. The first-order chi connectivity index (χ1) is 27.0. The number of carbonyl (C=O) groups excluding carboxylic acids is 4. The number of urea groups is 2. The van der Waals surface area contributed by atoms with Crippen LogP contribution in [0.5, 0.6) is 0 Å². The van der Waals surface area contributed by atoms with Gasteiger partial charge in [0.15, 0.2) is 9.84 Å². The molecule has 0 bridgehead atoms. The lowest BCUT2D eigenvalue weighted by Gasteiger charge is -2.26. The van der Waals surface area contributed by atoms with E-state index in [-0.39, 0.29) is 28.8 Å². The summed E-state index contributed by atoms with van der Waals surface area (Å²) < 4.78 is 33.8. The van der Waals surface area contributed by atoms with Crippen molar-refractivity contribution in [3.05, 3.63) is 48.5 Å². The molecule has 6 rings (SSSR count). The zero-order chi connectivity index (χ0) is 39.9. The molecule has 4 aliphatic rings. The van der Waals surface area contributed by atoms with E-state index in [9.17, 15) is 27.6 Å². The number of ether oxygens (including phenoxy) is 2. The summed E-state index contributed by atoms with van der Waals surface area (Å²) in [7, 11) is -3.27. The lowest BCUT2D eigenvalue weighted by molar-refractivity contribution is -0.133. The number of hydrogen-bond donors (Lipinski definition) is 2. The smallest absolute Gasteiger partial charge is 0.321 e. The van der Waals surface area contributed by atoms with Gasteiger partial charge in [0.05, 0.1) is 4.90 Å². The van der Waals surface area contributed by atoms with Gasteiger partial charge in [-0.3, -0.25) is 9.59 Å². The summed E-state index contributed by atoms with van der Waals surface area (Å²) in [5, 5.41) is 5.76. The Balaban J connectivity index is 0.000000215. The van der Waals surface area contributed by atoms with E-state index in [0.717, 1.165) is 83.4 Å². The first kappa shape index (κ1) is 43.3. The van der Waals surface area contributed by atoms with Gasteiger partial charge in [-0.25, -0.2) is 18.0 Å². The van der Waals surface area contributed by atoms with E-state index in [1.165, 1.54) is 17.0 Å². The minimum absolute atomic E-state index is 0.0920. The minimum atomic E-state index is -3.27. The Labute approximate surface area is 335 Å². The summed E-state index contributed by atoms with van der Waals surface area (Å²) in [5.74, 6) is 1.22. The maximum atomic E-state index is 12.6. The molecule has 0 spiro atoms. The molecule has 2 aromatic carbocycles. The fourth-order valence-corrected chi connectivity index (χ4v) is 8.30. The molecule has 0 radical (unpaired) electrons. The zero-order valence-corrected chi connectivity index (χ0v) is 34.4. The van der Waals surface area contributed by atoms with E-state index in [1.54, 1.807) is 28.8 Å². The van der Waals surface area contributed by atoms with Gasteiger partial charge in [-0.05, 0) is 105 Å². The van der Waals surface area contributed by atoms with Crippen molar-refractivity contribution < 1.29 is 37.1 Å². The zero-order valence-electron chi connectivity index (χ0n) is 32.8. The van der Waals surface area contributed by atoms with Gasteiger partial charge in [-0.2, -0.15) is 0 Å². The predicted molar refractivity (Wildman–Crippen MR) is 218 cm³/mol. The van der Waals surface area contributed by atoms with Crippen molar-refractivity contribution in [2.45, 2.75) is 61.2 Å². The highest BCUT2D eigenvalue weighted by Gasteiger charge is 2.27. The SMILES string of the molecule is CS(=O)(=O)c1ccc(NC(=O)N2CCCN(C(=O)CC3CCOCC3)CC2)cc1.CSc1ccc(NC(=O)N2CCCN(C(=O)CC3CCOCC3)CC2)cc1. The van der Waals surface area contributed by atoms with Crippen molar-refractivity contribution in [1.82, 2.24) is 19.6 Å². The molecule has 0 aromatic heterocycles. The number of carbonyl (C=O) groups is 4. The molecule has 2 N–H and O–H groups in total. The van der Waals surface area contributed by atoms with Crippen molar-refractivity contribution >= 4 is 56.9 Å². The number of benzene rings is 2. The number of hydrogen-bond acceptors (Lipinski definition) is 9. The molecule has 56 heavy (non-hydrogen) atoms. The van der Waals surface area contributed by atoms with Crippen LogP contribution < -0.4 is 10.6 Å². The molecule has 0 atom stereocenters. The molecule has 0 aliphatic carbocycles. The Bertz CT molecular complexity index is 1700. The second-order valence-corrected chi connectivity index (χ2v) is 17.7. The van der Waals surface area contributed by atoms with E-state index in [2.05, 4.69) is 10.6 Å². The van der Waals surface area contributed by atoms with Gasteiger partial charge in [0.1, 0.15) is 0 Å². The number of rotatable bonds is 8. The summed E-state index contributed by atoms with van der Waals surface area (Å²) in [6.07, 6.45) is 9.72. The molecule has 4 heterocycles. The molecular formula is C40H58N6O8S2. The van der Waals surface area contributed by atoms with Crippen LogP contribution in [0.25, 0.3) is 0 Å². The van der Waals surface area contributed by atoms with Crippen molar-refractivity contribution in [3.8, 4) is 0 Å². The number of nitrogens with one attached hydrogen (secondary N) is 2. The Morgan fingerprint density at radius 2 is 0.982 bits per heavy atom. The van der Waals surface area contributed by atoms with Crippen LogP contribution in [0.4, 0.5) is 21.0 Å². The second-order valence-electron chi connectivity index (χ2n) is 14.8. The van der Waals surface area contributed by atoms with Crippen molar-refractivity contribution in [2.24, 2.45) is 11.8 Å². The van der Waals surface area contributed by atoms with E-state index in [0.29, 0.717) is 76.2 Å². The largest absolute Gasteiger partial charge is 0.381 e. The van der Waals surface area contributed by atoms with Crippen LogP contribution >= 0.6 is 11.8 Å². The van der Waals surface area contributed by atoms with Gasteiger partial charge in [-0.1, -0.05) is 0 Å². The molecule has 4 fully saturated rings. The maximum absolute atomic E-state index is 12.6. The van der Waals surface area contributed by atoms with Crippen molar-refractivity contribution in [1.29, 1.82) is 0 Å². The second kappa shape index (κ2) is 21.6. The predicted octanol–water partition coefficient (Wildman–Crippen LogP) is 5.26. The third-order valence-corrected chi connectivity index (χ3v) is 12.6. The summed E-state index contributed by atoms with van der Waals surface area (Å²) in [6.45, 7) is 7.85. The van der Waals surface area contributed by atoms with Crippen LogP contribution in [-0.4, -0.2) is 143 Å². The van der Waals surface area contributed by atoms with E-state index in [1.807, 2.05) is 45.2 Å². The van der Waals surface area contributed by atoms with Gasteiger partial charge < -0.3 is 39.7 Å². The van der Waals surface area contributed by atoms with Gasteiger partial charge >= 0.3 is 12.1 Å². The van der Waals surface area contributed by atoms with Crippen molar-refractivity contribution in [3.63, 3.8) is 0 Å². The third-order valence-electron chi connectivity index (χ3n) is 10.8. The Morgan fingerprint density at radius 1 is 0.607 bits per heavy atom. The summed E-state index contributed by atoms with van der Waals surface area (Å²) in [5.41, 5.74) is 1.34. The molecule has 0 saturated carbocycles. The van der Waals surface area contributed by atoms with Crippen LogP contribution in [0, 0.1) is 11.8 Å². The molecule has 14 nitrogen and oxygen atoms in total. The highest BCUT2D eigenvalue weighted by Crippen LogP contribution is 2.23. The normalized spacial score (nSPS) is 18.9. The first-order valence-corrected chi connectivity index (χ1v) is 22.9. The highest BCUT2D eigenvalue weighted by molar-refractivity contribution is 7.98. The molecule has 308 valence electrons. The molecule has 2 aromatic rings. The standard InChI is InChI=1S/C20H29N3O5S.C20H29N3O3S/c1-29(26,27)18-5-3-17(4-6-18)21-20(25)23-10-2-9-22(11-12-23)19(24)15-16-7-13-28-14-8-16;1-27-18-5-3-17(4-6-18)21-20(25)23-10-2-9-22(11-12-23)19(24)15-16-7-13-26-14-8-16/h3-6,16H,2,7-15H2,1H3,(H,21,25);3-6,16H,2,7-15H2,1H3,(H,21,25). The van der Waals surface area contributed by atoms with Crippen LogP contribution in [0.3, 0.4) is 0 Å². The van der Waals surface area contributed by atoms with E-state index in [4.69, 9.17) is 9.47 Å². The third kappa shape index (κ3) is 13.7. The topological polar surface area (TPSA) is 158 Å². The average Bonchev–Trinajstić information content (AvgIpc) is 3.62. The van der Waals surface area contributed by atoms with Crippen LogP contribution in [0.1, 0.15) is 51.4 Å². The molecule has 6 amide bonds. The van der Waals surface area contributed by atoms with Crippen LogP contribution in [0.15, 0.2) is 58.3 Å². The van der Waals surface area contributed by atoms with Crippen LogP contribution in [0.2, 0.25) is 0 Å². The van der Waals surface area contributed by atoms with Crippen LogP contribution in [-0.2, 0) is 28.9 Å². The van der Waals surface area contributed by atoms with Gasteiger partial charge in [0.25, 0.3) is 0 Å². The molecule has 16 heteroatoms. The number of amides is 6. The highest BCUT2D eigenvalue weighted by atomic mass is 32.2. The lowest BCUT2D eigenvalue weighted by atomic mass is 9.96. The van der Waals surface area contributed by atoms with E-state index >= 15 is 0 Å². The Hall–Kier alpha value is -3.86. The molecule has 4 aliphatic heterocycles. The first-order valence-electron chi connectivity index (χ1n) is 19.8.